The highest BCUT2D eigenvalue weighted by Crippen LogP contribution is 2.43. The van der Waals surface area contributed by atoms with Crippen molar-refractivity contribution in [2.75, 3.05) is 26.4 Å². The van der Waals surface area contributed by atoms with Crippen LogP contribution < -0.4 is 0 Å². The molecule has 374 valence electrons. The molecule has 0 fully saturated rings. The van der Waals surface area contributed by atoms with Gasteiger partial charge >= 0.3 is 27.6 Å². The minimum atomic E-state index is -4.92. The van der Waals surface area contributed by atoms with Crippen LogP contribution >= 0.6 is 15.6 Å². The van der Waals surface area contributed by atoms with Crippen LogP contribution in [0.15, 0.2) is 122 Å². The van der Waals surface area contributed by atoms with Crippen molar-refractivity contribution in [3.8, 4) is 0 Å². The summed E-state index contributed by atoms with van der Waals surface area (Å²) in [5, 5.41) is 40.2. The van der Waals surface area contributed by atoms with E-state index in [4.69, 9.17) is 23.8 Å². The molecule has 6 atom stereocenters. The van der Waals surface area contributed by atoms with Crippen molar-refractivity contribution in [2.24, 2.45) is 0 Å². The number of carbonyl (C=O) groups excluding carboxylic acids is 2. The van der Waals surface area contributed by atoms with Gasteiger partial charge in [0.2, 0.25) is 0 Å². The molecule has 16 nitrogen and oxygen atoms in total. The van der Waals surface area contributed by atoms with Crippen LogP contribution in [0.2, 0.25) is 0 Å². The third-order valence-corrected chi connectivity index (χ3v) is 10.1. The highest BCUT2D eigenvalue weighted by molar-refractivity contribution is 7.47. The van der Waals surface area contributed by atoms with Gasteiger partial charge in [-0.1, -0.05) is 148 Å². The molecule has 0 rings (SSSR count). The number of unbranched alkanes of at least 4 members (excludes halogenated alkanes) is 3. The fourth-order valence-corrected chi connectivity index (χ4v) is 6.30. The summed E-state index contributed by atoms with van der Waals surface area (Å²) in [6.07, 6.45) is 41.5. The zero-order valence-electron chi connectivity index (χ0n) is 38.6. The largest absolute Gasteiger partial charge is 0.472 e. The maximum atomic E-state index is 12.7. The molecule has 0 bridgehead atoms. The number of aliphatic hydroxyl groups excluding tert-OH is 4. The number of esters is 2. The van der Waals surface area contributed by atoms with Gasteiger partial charge < -0.3 is 44.6 Å². The normalized spacial score (nSPS) is 16.4. The van der Waals surface area contributed by atoms with E-state index in [1.807, 2.05) is 37.3 Å². The molecule has 0 radical (unpaired) electrons. The molecule has 1 unspecified atom stereocenters. The lowest BCUT2D eigenvalue weighted by molar-refractivity contribution is -0.161. The predicted octanol–water partition coefficient (Wildman–Crippen LogP) is 8.58. The highest BCUT2D eigenvalue weighted by Gasteiger charge is 2.28. The number of aliphatic hydroxyl groups is 4. The molecular weight excluding hydrogens is 894 g/mol. The number of phosphoric acid groups is 2. The van der Waals surface area contributed by atoms with E-state index >= 15 is 0 Å². The fourth-order valence-electron chi connectivity index (χ4n) is 5.14. The number of phosphoric ester groups is 2. The zero-order chi connectivity index (χ0) is 49.2. The molecule has 7 N–H and O–H groups in total. The van der Waals surface area contributed by atoms with Crippen molar-refractivity contribution >= 4 is 27.6 Å². The molecule has 0 saturated heterocycles. The Bertz CT molecular complexity index is 1670. The lowest BCUT2D eigenvalue weighted by atomic mass is 10.1. The van der Waals surface area contributed by atoms with Crippen LogP contribution in [0.4, 0.5) is 0 Å². The van der Waals surface area contributed by atoms with E-state index in [-0.39, 0.29) is 25.7 Å². The van der Waals surface area contributed by atoms with E-state index in [2.05, 4.69) is 52.4 Å². The van der Waals surface area contributed by atoms with E-state index in [9.17, 15) is 44.0 Å². The van der Waals surface area contributed by atoms with Crippen molar-refractivity contribution < 1.29 is 76.9 Å². The quantitative estimate of drug-likeness (QED) is 0.00997. The molecule has 0 aliphatic heterocycles. The van der Waals surface area contributed by atoms with Crippen molar-refractivity contribution in [1.82, 2.24) is 0 Å². The summed E-state index contributed by atoms with van der Waals surface area (Å²) >= 11 is 0. The topological polar surface area (TPSA) is 256 Å². The van der Waals surface area contributed by atoms with Gasteiger partial charge in [-0.2, -0.15) is 0 Å². The van der Waals surface area contributed by atoms with Gasteiger partial charge in [0, 0.05) is 12.8 Å². The van der Waals surface area contributed by atoms with Crippen LogP contribution in [0.25, 0.3) is 0 Å². The zero-order valence-corrected chi connectivity index (χ0v) is 40.4. The summed E-state index contributed by atoms with van der Waals surface area (Å²) in [7, 11) is -9.84. The Balaban J connectivity index is 4.95. The third-order valence-electron chi connectivity index (χ3n) is 8.68. The second-order valence-electron chi connectivity index (χ2n) is 14.8. The molecule has 18 heteroatoms. The first kappa shape index (κ1) is 62.4. The molecule has 0 aromatic heterocycles. The van der Waals surface area contributed by atoms with Crippen LogP contribution in [0.3, 0.4) is 0 Å². The standard InChI is InChI=1S/C48H76O16P2/c1-3-5-7-8-9-10-11-12-13-14-15-16-17-18-19-20-21-26-30-36-48(54)64-44(41-63-66(58,59)62-39-43(50)38-61-65(55,56)57)40-60-47(53)37-31-35-46(52)45(51)34-29-25-23-22-24-28-33-42(49)32-27-6-4-2/h6,9-10,12-13,15-16,18-19,21-29,33-34,42-46,49-52H,3-5,7-8,11,14,17,20,30-32,35-41H2,1-2H3,(H,58,59)(H2,55,56,57)/b10-9-,13-12-,16-15-,19-18-,24-22+,25-23-,26-21-,27-6-,33-28+,34-29-/t42-,43+,44-,45+,46+/m1/s1. The first-order chi connectivity index (χ1) is 31.6. The van der Waals surface area contributed by atoms with Crippen molar-refractivity contribution in [3.05, 3.63) is 122 Å². The van der Waals surface area contributed by atoms with Crippen LogP contribution in [0.5, 0.6) is 0 Å². The number of ether oxygens (including phenoxy) is 2. The van der Waals surface area contributed by atoms with Gasteiger partial charge in [-0.05, 0) is 70.6 Å². The van der Waals surface area contributed by atoms with E-state index in [1.165, 1.54) is 25.3 Å². The summed E-state index contributed by atoms with van der Waals surface area (Å²) < 4.78 is 47.5. The Hall–Kier alpha value is -3.60. The summed E-state index contributed by atoms with van der Waals surface area (Å²) in [6, 6.07) is 0. The third kappa shape index (κ3) is 43.0. The second kappa shape index (κ2) is 41.6. The Labute approximate surface area is 392 Å². The maximum absolute atomic E-state index is 12.7. The van der Waals surface area contributed by atoms with Gasteiger partial charge in [0.1, 0.15) is 12.7 Å². The van der Waals surface area contributed by atoms with Gasteiger partial charge in [-0.15, -0.1) is 0 Å². The molecule has 66 heavy (non-hydrogen) atoms. The molecule has 0 amide bonds. The van der Waals surface area contributed by atoms with Crippen LogP contribution in [-0.4, -0.2) is 104 Å². The average Bonchev–Trinajstić information content (AvgIpc) is 3.27. The number of rotatable bonds is 40. The Morgan fingerprint density at radius 2 is 1.11 bits per heavy atom. The first-order valence-corrected chi connectivity index (χ1v) is 25.6. The minimum Gasteiger partial charge on any atom is -0.462 e. The number of hydrogen-bond donors (Lipinski definition) is 7. The molecule has 0 aliphatic carbocycles. The van der Waals surface area contributed by atoms with Gasteiger partial charge in [-0.25, -0.2) is 9.13 Å². The molecular formula is C48H76O16P2. The summed E-state index contributed by atoms with van der Waals surface area (Å²) in [5.41, 5.74) is 0. The Morgan fingerprint density at radius 1 is 0.561 bits per heavy atom. The van der Waals surface area contributed by atoms with Gasteiger partial charge in [-0.3, -0.25) is 23.2 Å². The summed E-state index contributed by atoms with van der Waals surface area (Å²) in [6.45, 7) is 1.04. The van der Waals surface area contributed by atoms with Gasteiger partial charge in [0.15, 0.2) is 6.10 Å². The lowest BCUT2D eigenvalue weighted by Crippen LogP contribution is -2.30. The van der Waals surface area contributed by atoms with Crippen LogP contribution in [0.1, 0.15) is 110 Å². The first-order valence-electron chi connectivity index (χ1n) is 22.6. The number of allylic oxidation sites excluding steroid dienone is 17. The Kier molecular flexibility index (Phi) is 39.3. The van der Waals surface area contributed by atoms with E-state index < -0.39 is 84.5 Å². The minimum absolute atomic E-state index is 0.0400. The molecule has 0 aliphatic rings. The molecule has 0 saturated carbocycles. The van der Waals surface area contributed by atoms with Gasteiger partial charge in [0.25, 0.3) is 0 Å². The maximum Gasteiger partial charge on any atom is 0.472 e. The SMILES string of the molecule is CC/C=C\C[C@@H](O)/C=C/C=C/C=C\C=C/[C@H](O)[C@@H](O)CCCC(=O)OC[C@H](COP(=O)(O)OC[C@@H](O)COP(=O)(O)O)OC(=O)CC/C=C\C/C=C\C/C=C\C/C=C\C/C=C\CCCCC. The number of carbonyl (C=O) groups is 2. The number of hydrogen-bond acceptors (Lipinski definition) is 13. The summed E-state index contributed by atoms with van der Waals surface area (Å²) in [5.74, 6) is -1.47. The summed E-state index contributed by atoms with van der Waals surface area (Å²) in [4.78, 5) is 52.8. The van der Waals surface area contributed by atoms with Crippen molar-refractivity contribution in [1.29, 1.82) is 0 Å². The smallest absolute Gasteiger partial charge is 0.462 e. The highest BCUT2D eigenvalue weighted by atomic mass is 31.2. The monoisotopic (exact) mass is 970 g/mol. The van der Waals surface area contributed by atoms with E-state index in [0.29, 0.717) is 19.3 Å². The van der Waals surface area contributed by atoms with Crippen LogP contribution in [-0.2, 0) is 41.8 Å². The van der Waals surface area contributed by atoms with Gasteiger partial charge in [0.05, 0.1) is 38.1 Å². The lowest BCUT2D eigenvalue weighted by Gasteiger charge is -2.20. The predicted molar refractivity (Wildman–Crippen MR) is 257 cm³/mol. The van der Waals surface area contributed by atoms with E-state index in [0.717, 1.165) is 32.1 Å². The average molecular weight is 971 g/mol. The van der Waals surface area contributed by atoms with Crippen LogP contribution in [0, 0.1) is 0 Å². The second-order valence-corrected chi connectivity index (χ2v) is 17.5. The van der Waals surface area contributed by atoms with Crippen molar-refractivity contribution in [2.45, 2.75) is 141 Å². The molecule has 0 heterocycles. The molecule has 0 aromatic carbocycles. The van der Waals surface area contributed by atoms with E-state index in [1.54, 1.807) is 48.6 Å². The Morgan fingerprint density at radius 3 is 1.70 bits per heavy atom. The van der Waals surface area contributed by atoms with Crippen molar-refractivity contribution in [3.63, 3.8) is 0 Å². The molecule has 0 spiro atoms. The fraction of sp³-hybridized carbons (Fsp3) is 0.542. The molecule has 0 aromatic rings.